The van der Waals surface area contributed by atoms with Gasteiger partial charge in [0.25, 0.3) is 0 Å². The van der Waals surface area contributed by atoms with Crippen LogP contribution >= 0.6 is 0 Å². The van der Waals surface area contributed by atoms with Gasteiger partial charge in [0.15, 0.2) is 0 Å². The summed E-state index contributed by atoms with van der Waals surface area (Å²) in [5.41, 5.74) is 3.90. The Morgan fingerprint density at radius 2 is 2.00 bits per heavy atom. The van der Waals surface area contributed by atoms with Crippen LogP contribution in [0.4, 0.5) is 0 Å². The second kappa shape index (κ2) is 3.42. The van der Waals surface area contributed by atoms with E-state index in [0.717, 1.165) is 16.8 Å². The van der Waals surface area contributed by atoms with E-state index in [2.05, 4.69) is 11.2 Å². The fourth-order valence-corrected chi connectivity index (χ4v) is 1.69. The van der Waals surface area contributed by atoms with Crippen LogP contribution < -0.4 is 0 Å². The summed E-state index contributed by atoms with van der Waals surface area (Å²) in [6, 6.07) is 8.11. The summed E-state index contributed by atoms with van der Waals surface area (Å²) in [5, 5.41) is 13.9. The Morgan fingerprint density at radius 3 is 2.53 bits per heavy atom. The predicted molar refractivity (Wildman–Crippen MR) is 59.8 cm³/mol. The monoisotopic (exact) mass is 202 g/mol. The number of rotatable bonds is 1. The van der Waals surface area contributed by atoms with Crippen molar-refractivity contribution in [1.82, 2.24) is 9.78 Å². The molecule has 2 aromatic rings. The molecule has 0 aliphatic carbocycles. The average Bonchev–Trinajstić information content (AvgIpc) is 2.46. The molecule has 0 aliphatic rings. The molecule has 0 saturated carbocycles. The van der Waals surface area contributed by atoms with Crippen LogP contribution in [-0.4, -0.2) is 14.9 Å². The van der Waals surface area contributed by atoms with E-state index < -0.39 is 0 Å². The lowest BCUT2D eigenvalue weighted by atomic mass is 10.1. The van der Waals surface area contributed by atoms with Crippen LogP contribution in [-0.2, 0) is 7.05 Å². The first-order chi connectivity index (χ1) is 7.09. The van der Waals surface area contributed by atoms with Gasteiger partial charge in [-0.15, -0.1) is 0 Å². The summed E-state index contributed by atoms with van der Waals surface area (Å²) in [6.07, 6.45) is 0. The third-order valence-corrected chi connectivity index (χ3v) is 2.54. The maximum atomic E-state index is 9.66. The van der Waals surface area contributed by atoms with Crippen LogP contribution in [0.25, 0.3) is 11.3 Å². The third-order valence-electron chi connectivity index (χ3n) is 2.54. The molecule has 3 heteroatoms. The first kappa shape index (κ1) is 9.77. The fraction of sp³-hybridized carbons (Fsp3) is 0.250. The molecule has 78 valence electrons. The molecule has 1 aromatic carbocycles. The van der Waals surface area contributed by atoms with Crippen LogP contribution in [0.2, 0.25) is 0 Å². The normalized spacial score (nSPS) is 10.6. The van der Waals surface area contributed by atoms with Crippen molar-refractivity contribution >= 4 is 0 Å². The largest absolute Gasteiger partial charge is 0.493 e. The summed E-state index contributed by atoms with van der Waals surface area (Å²) in [4.78, 5) is 0. The van der Waals surface area contributed by atoms with Crippen molar-refractivity contribution in [2.75, 3.05) is 0 Å². The molecule has 3 nitrogen and oxygen atoms in total. The van der Waals surface area contributed by atoms with Crippen molar-refractivity contribution in [2.45, 2.75) is 13.8 Å². The zero-order chi connectivity index (χ0) is 11.0. The molecular formula is C12H14N2O. The summed E-state index contributed by atoms with van der Waals surface area (Å²) >= 11 is 0. The molecule has 0 bridgehead atoms. The molecule has 1 aromatic heterocycles. The number of hydrogen-bond acceptors (Lipinski definition) is 2. The summed E-state index contributed by atoms with van der Waals surface area (Å²) in [5.74, 6) is 0.228. The molecule has 1 N–H and O–H groups in total. The van der Waals surface area contributed by atoms with Crippen molar-refractivity contribution in [2.24, 2.45) is 7.05 Å². The highest BCUT2D eigenvalue weighted by atomic mass is 16.3. The van der Waals surface area contributed by atoms with Gasteiger partial charge >= 0.3 is 0 Å². The maximum Gasteiger partial charge on any atom is 0.212 e. The van der Waals surface area contributed by atoms with Crippen molar-refractivity contribution in [1.29, 1.82) is 0 Å². The van der Waals surface area contributed by atoms with Crippen LogP contribution in [0.5, 0.6) is 5.88 Å². The molecule has 0 aliphatic heterocycles. The Balaban J connectivity index is 2.59. The summed E-state index contributed by atoms with van der Waals surface area (Å²) in [7, 11) is 1.74. The fourth-order valence-electron chi connectivity index (χ4n) is 1.69. The quantitative estimate of drug-likeness (QED) is 0.771. The molecule has 0 spiro atoms. The Hall–Kier alpha value is -1.77. The Kier molecular flexibility index (Phi) is 2.23. The van der Waals surface area contributed by atoms with Crippen molar-refractivity contribution < 1.29 is 5.11 Å². The number of benzene rings is 1. The van der Waals surface area contributed by atoms with E-state index in [4.69, 9.17) is 0 Å². The van der Waals surface area contributed by atoms with Gasteiger partial charge in [0.05, 0.1) is 5.69 Å². The van der Waals surface area contributed by atoms with Crippen LogP contribution in [0, 0.1) is 13.8 Å². The van der Waals surface area contributed by atoms with Crippen molar-refractivity contribution in [3.63, 3.8) is 0 Å². The lowest BCUT2D eigenvalue weighted by Crippen LogP contribution is -1.89. The number of hydrogen-bond donors (Lipinski definition) is 1. The second-order valence-corrected chi connectivity index (χ2v) is 3.79. The number of aryl methyl sites for hydroxylation is 2. The highest BCUT2D eigenvalue weighted by Crippen LogP contribution is 2.28. The zero-order valence-electron chi connectivity index (χ0n) is 9.15. The van der Waals surface area contributed by atoms with Crippen molar-refractivity contribution in [3.05, 3.63) is 35.4 Å². The maximum absolute atomic E-state index is 9.66. The molecule has 0 atom stereocenters. The van der Waals surface area contributed by atoms with Gasteiger partial charge in [-0.25, -0.2) is 4.68 Å². The first-order valence-corrected chi connectivity index (χ1v) is 4.89. The molecule has 0 radical (unpaired) electrons. The average molecular weight is 202 g/mol. The number of aromatic hydroxyl groups is 1. The van der Waals surface area contributed by atoms with E-state index in [9.17, 15) is 5.11 Å². The first-order valence-electron chi connectivity index (χ1n) is 4.89. The van der Waals surface area contributed by atoms with E-state index in [0.29, 0.717) is 0 Å². The van der Waals surface area contributed by atoms with Crippen LogP contribution in [0.15, 0.2) is 24.3 Å². The number of nitrogens with zero attached hydrogens (tertiary/aromatic N) is 2. The summed E-state index contributed by atoms with van der Waals surface area (Å²) < 4.78 is 1.49. The van der Waals surface area contributed by atoms with Crippen molar-refractivity contribution in [3.8, 4) is 17.1 Å². The van der Waals surface area contributed by atoms with E-state index in [1.807, 2.05) is 32.0 Å². The van der Waals surface area contributed by atoms with Gasteiger partial charge in [-0.05, 0) is 19.9 Å². The molecular weight excluding hydrogens is 188 g/mol. The number of aromatic nitrogens is 2. The van der Waals surface area contributed by atoms with E-state index in [1.165, 1.54) is 10.2 Å². The van der Waals surface area contributed by atoms with Crippen LogP contribution in [0.1, 0.15) is 11.1 Å². The Labute approximate surface area is 89.0 Å². The van der Waals surface area contributed by atoms with Gasteiger partial charge in [0.2, 0.25) is 5.88 Å². The van der Waals surface area contributed by atoms with Gasteiger partial charge in [-0.1, -0.05) is 23.8 Å². The van der Waals surface area contributed by atoms with Crippen LogP contribution in [0.3, 0.4) is 0 Å². The summed E-state index contributed by atoms with van der Waals surface area (Å²) in [6.45, 7) is 3.92. The minimum absolute atomic E-state index is 0.228. The zero-order valence-corrected chi connectivity index (χ0v) is 9.15. The van der Waals surface area contributed by atoms with E-state index >= 15 is 0 Å². The second-order valence-electron chi connectivity index (χ2n) is 3.79. The van der Waals surface area contributed by atoms with Gasteiger partial charge in [0.1, 0.15) is 0 Å². The van der Waals surface area contributed by atoms with E-state index in [-0.39, 0.29) is 5.88 Å². The predicted octanol–water partition coefficient (Wildman–Crippen LogP) is 2.41. The Morgan fingerprint density at radius 1 is 1.27 bits per heavy atom. The SMILES string of the molecule is Cc1cccc(-c2nn(C)c(O)c2C)c1. The minimum atomic E-state index is 0.228. The molecule has 1 heterocycles. The smallest absolute Gasteiger partial charge is 0.212 e. The topological polar surface area (TPSA) is 38.0 Å². The molecule has 0 amide bonds. The molecule has 0 saturated heterocycles. The molecule has 15 heavy (non-hydrogen) atoms. The highest BCUT2D eigenvalue weighted by molar-refractivity contribution is 5.65. The van der Waals surface area contributed by atoms with Gasteiger partial charge in [0, 0.05) is 18.2 Å². The standard InChI is InChI=1S/C12H14N2O/c1-8-5-4-6-10(7-8)11-9(2)12(15)14(3)13-11/h4-7,15H,1-3H3. The molecule has 0 fully saturated rings. The van der Waals surface area contributed by atoms with Gasteiger partial charge in [-0.2, -0.15) is 5.10 Å². The lowest BCUT2D eigenvalue weighted by molar-refractivity contribution is 0.416. The Bertz CT molecular complexity index is 500. The van der Waals surface area contributed by atoms with E-state index in [1.54, 1.807) is 7.05 Å². The lowest BCUT2D eigenvalue weighted by Gasteiger charge is -1.99. The minimum Gasteiger partial charge on any atom is -0.493 e. The van der Waals surface area contributed by atoms with Gasteiger partial charge < -0.3 is 5.11 Å². The highest BCUT2D eigenvalue weighted by Gasteiger charge is 2.12. The molecule has 0 unspecified atom stereocenters. The van der Waals surface area contributed by atoms with Gasteiger partial charge in [-0.3, -0.25) is 0 Å². The molecule has 2 rings (SSSR count). The third kappa shape index (κ3) is 1.61.